The fourth-order valence-electron chi connectivity index (χ4n) is 3.07. The molecule has 0 spiro atoms. The lowest BCUT2D eigenvalue weighted by atomic mass is 9.85. The second-order valence-electron chi connectivity index (χ2n) is 5.52. The summed E-state index contributed by atoms with van der Waals surface area (Å²) in [4.78, 5) is 0. The lowest BCUT2D eigenvalue weighted by Gasteiger charge is -2.27. The van der Waals surface area contributed by atoms with E-state index in [4.69, 9.17) is 5.84 Å². The average Bonchev–Trinajstić information content (AvgIpc) is 2.51. The highest BCUT2D eigenvalue weighted by molar-refractivity contribution is 5.86. The van der Waals surface area contributed by atoms with E-state index in [9.17, 15) is 0 Å². The van der Waals surface area contributed by atoms with Crippen molar-refractivity contribution in [2.75, 3.05) is 0 Å². The Labute approximate surface area is 122 Å². The Morgan fingerprint density at radius 2 is 1.80 bits per heavy atom. The molecule has 108 valence electrons. The quantitative estimate of drug-likeness (QED) is 0.571. The highest BCUT2D eigenvalue weighted by Crippen LogP contribution is 2.32. The number of hydrazine groups is 1. The molecule has 2 rings (SSSR count). The highest BCUT2D eigenvalue weighted by Gasteiger charge is 2.21. The molecule has 2 aromatic rings. The summed E-state index contributed by atoms with van der Waals surface area (Å²) in [5, 5.41) is 2.60. The largest absolute Gasteiger partial charge is 0.271 e. The minimum absolute atomic E-state index is 0.234. The van der Waals surface area contributed by atoms with Crippen LogP contribution in [0.3, 0.4) is 0 Å². The van der Waals surface area contributed by atoms with Crippen molar-refractivity contribution in [3.8, 4) is 0 Å². The van der Waals surface area contributed by atoms with Crippen LogP contribution in [0.5, 0.6) is 0 Å². The molecule has 0 aliphatic carbocycles. The second-order valence-corrected chi connectivity index (χ2v) is 5.52. The zero-order valence-electron chi connectivity index (χ0n) is 12.6. The molecule has 0 aliphatic rings. The summed E-state index contributed by atoms with van der Waals surface area (Å²) in [7, 11) is 0. The van der Waals surface area contributed by atoms with Gasteiger partial charge in [0.05, 0.1) is 0 Å². The molecule has 2 atom stereocenters. The van der Waals surface area contributed by atoms with Crippen LogP contribution in [0, 0.1) is 5.92 Å². The van der Waals surface area contributed by atoms with Crippen LogP contribution in [0.4, 0.5) is 0 Å². The van der Waals surface area contributed by atoms with Crippen molar-refractivity contribution in [2.45, 2.75) is 45.6 Å². The highest BCUT2D eigenvalue weighted by atomic mass is 15.2. The van der Waals surface area contributed by atoms with E-state index in [1.807, 2.05) is 0 Å². The van der Waals surface area contributed by atoms with Crippen LogP contribution in [0.15, 0.2) is 42.5 Å². The molecule has 0 aromatic heterocycles. The number of nitrogens with two attached hydrogens (primary N) is 1. The number of hydrogen-bond acceptors (Lipinski definition) is 2. The number of fused-ring (bicyclic) bond motifs is 1. The van der Waals surface area contributed by atoms with Crippen molar-refractivity contribution in [3.05, 3.63) is 48.0 Å². The number of nitrogens with one attached hydrogen (secondary N) is 1. The van der Waals surface area contributed by atoms with Gasteiger partial charge in [0, 0.05) is 6.04 Å². The van der Waals surface area contributed by atoms with Crippen LogP contribution in [-0.4, -0.2) is 0 Å². The maximum Gasteiger partial charge on any atom is 0.0494 e. The van der Waals surface area contributed by atoms with E-state index in [1.165, 1.54) is 35.6 Å². The molecular weight excluding hydrogens is 244 g/mol. The van der Waals surface area contributed by atoms with Gasteiger partial charge in [-0.25, -0.2) is 0 Å². The van der Waals surface area contributed by atoms with E-state index in [2.05, 4.69) is 61.7 Å². The maximum absolute atomic E-state index is 5.89. The molecule has 0 aliphatic heterocycles. The summed E-state index contributed by atoms with van der Waals surface area (Å²) in [6, 6.07) is 15.3. The van der Waals surface area contributed by atoms with Crippen LogP contribution in [-0.2, 0) is 0 Å². The van der Waals surface area contributed by atoms with E-state index in [0.29, 0.717) is 5.92 Å². The molecule has 2 nitrogen and oxygen atoms in total. The van der Waals surface area contributed by atoms with Gasteiger partial charge in [0.15, 0.2) is 0 Å². The second kappa shape index (κ2) is 7.41. The van der Waals surface area contributed by atoms with E-state index in [0.717, 1.165) is 6.42 Å². The third-order valence-electron chi connectivity index (χ3n) is 4.26. The standard InChI is InChI=1S/C18H26N2/c1-3-5-9-14(4-2)18(20-19)17-13-8-11-15-10-6-7-12-16(15)17/h6-8,10-14,18,20H,3-5,9,19H2,1-2H3. The average molecular weight is 270 g/mol. The van der Waals surface area contributed by atoms with Gasteiger partial charge in [0.2, 0.25) is 0 Å². The summed E-state index contributed by atoms with van der Waals surface area (Å²) in [6.07, 6.45) is 4.88. The van der Waals surface area contributed by atoms with Crippen molar-refractivity contribution in [3.63, 3.8) is 0 Å². The topological polar surface area (TPSA) is 38.0 Å². The number of rotatable bonds is 7. The van der Waals surface area contributed by atoms with Gasteiger partial charge in [-0.3, -0.25) is 11.3 Å². The Bertz CT molecular complexity index is 530. The summed E-state index contributed by atoms with van der Waals surface area (Å²) in [5.41, 5.74) is 4.40. The Morgan fingerprint density at radius 1 is 1.05 bits per heavy atom. The summed E-state index contributed by atoms with van der Waals surface area (Å²) in [5.74, 6) is 6.48. The Morgan fingerprint density at radius 3 is 2.50 bits per heavy atom. The SMILES string of the molecule is CCCCC(CC)C(NN)c1cccc2ccccc12. The number of benzene rings is 2. The Balaban J connectivity index is 2.37. The zero-order chi connectivity index (χ0) is 14.4. The lowest BCUT2D eigenvalue weighted by molar-refractivity contribution is 0.328. The molecule has 0 fully saturated rings. The molecule has 0 radical (unpaired) electrons. The monoisotopic (exact) mass is 270 g/mol. The zero-order valence-corrected chi connectivity index (χ0v) is 12.6. The first-order valence-corrected chi connectivity index (χ1v) is 7.75. The number of unbranched alkanes of at least 4 members (excludes halogenated alkanes) is 1. The molecule has 0 saturated heterocycles. The van der Waals surface area contributed by atoms with Crippen molar-refractivity contribution in [1.82, 2.24) is 5.43 Å². The molecule has 3 N–H and O–H groups in total. The van der Waals surface area contributed by atoms with E-state index >= 15 is 0 Å². The maximum atomic E-state index is 5.89. The van der Waals surface area contributed by atoms with Crippen molar-refractivity contribution in [2.24, 2.45) is 11.8 Å². The van der Waals surface area contributed by atoms with Gasteiger partial charge in [-0.1, -0.05) is 75.6 Å². The van der Waals surface area contributed by atoms with Crippen molar-refractivity contribution < 1.29 is 0 Å². The summed E-state index contributed by atoms with van der Waals surface area (Å²) < 4.78 is 0. The molecule has 0 amide bonds. The lowest BCUT2D eigenvalue weighted by Crippen LogP contribution is -2.33. The normalized spacial score (nSPS) is 14.3. The third kappa shape index (κ3) is 3.20. The number of hydrogen-bond donors (Lipinski definition) is 2. The molecule has 2 heteroatoms. The minimum Gasteiger partial charge on any atom is -0.271 e. The summed E-state index contributed by atoms with van der Waals surface area (Å²) >= 11 is 0. The van der Waals surface area contributed by atoms with E-state index in [1.54, 1.807) is 0 Å². The van der Waals surface area contributed by atoms with Gasteiger partial charge in [-0.05, 0) is 28.7 Å². The van der Waals surface area contributed by atoms with Gasteiger partial charge in [0.25, 0.3) is 0 Å². The van der Waals surface area contributed by atoms with Crippen LogP contribution in [0.1, 0.15) is 51.1 Å². The van der Waals surface area contributed by atoms with Crippen molar-refractivity contribution >= 4 is 10.8 Å². The fourth-order valence-corrected chi connectivity index (χ4v) is 3.07. The molecule has 0 heterocycles. The van der Waals surface area contributed by atoms with Gasteiger partial charge < -0.3 is 0 Å². The van der Waals surface area contributed by atoms with Gasteiger partial charge in [-0.15, -0.1) is 0 Å². The fraction of sp³-hybridized carbons (Fsp3) is 0.444. The molecular formula is C18H26N2. The van der Waals surface area contributed by atoms with Crippen LogP contribution < -0.4 is 11.3 Å². The van der Waals surface area contributed by atoms with Gasteiger partial charge in [0.1, 0.15) is 0 Å². The van der Waals surface area contributed by atoms with Crippen molar-refractivity contribution in [1.29, 1.82) is 0 Å². The Hall–Kier alpha value is -1.38. The van der Waals surface area contributed by atoms with Crippen LogP contribution in [0.2, 0.25) is 0 Å². The first kappa shape index (κ1) is 15.0. The van der Waals surface area contributed by atoms with Gasteiger partial charge >= 0.3 is 0 Å². The Kier molecular flexibility index (Phi) is 5.57. The molecule has 0 bridgehead atoms. The molecule has 0 saturated carbocycles. The predicted molar refractivity (Wildman–Crippen MR) is 87.3 cm³/mol. The third-order valence-corrected chi connectivity index (χ3v) is 4.26. The minimum atomic E-state index is 0.234. The van der Waals surface area contributed by atoms with Crippen LogP contribution in [0.25, 0.3) is 10.8 Å². The predicted octanol–water partition coefficient (Wildman–Crippen LogP) is 4.56. The summed E-state index contributed by atoms with van der Waals surface area (Å²) in [6.45, 7) is 4.51. The molecule has 2 unspecified atom stereocenters. The van der Waals surface area contributed by atoms with E-state index in [-0.39, 0.29) is 6.04 Å². The van der Waals surface area contributed by atoms with Crippen LogP contribution >= 0.6 is 0 Å². The first-order valence-electron chi connectivity index (χ1n) is 7.75. The smallest absolute Gasteiger partial charge is 0.0494 e. The van der Waals surface area contributed by atoms with E-state index < -0.39 is 0 Å². The molecule has 20 heavy (non-hydrogen) atoms. The molecule has 2 aromatic carbocycles. The van der Waals surface area contributed by atoms with Gasteiger partial charge in [-0.2, -0.15) is 0 Å². The first-order chi connectivity index (χ1) is 9.81.